The highest BCUT2D eigenvalue weighted by molar-refractivity contribution is 6.12. The van der Waals surface area contributed by atoms with Crippen molar-refractivity contribution in [1.82, 2.24) is 29.6 Å². The summed E-state index contributed by atoms with van der Waals surface area (Å²) in [6.45, 7) is 6.46. The molecule has 1 atom stereocenters. The number of nitrogens with one attached hydrogen (secondary N) is 1. The Bertz CT molecular complexity index is 1390. The molecule has 32 heavy (non-hydrogen) atoms. The number of aromatic nitrogens is 5. The van der Waals surface area contributed by atoms with E-state index < -0.39 is 5.91 Å². The summed E-state index contributed by atoms with van der Waals surface area (Å²) < 4.78 is 7.26. The maximum absolute atomic E-state index is 13.1. The number of amides is 2. The van der Waals surface area contributed by atoms with Gasteiger partial charge >= 0.3 is 6.01 Å². The van der Waals surface area contributed by atoms with E-state index in [0.717, 1.165) is 5.56 Å². The number of fused-ring (bicyclic) bond motifs is 2. The third-order valence-electron chi connectivity index (χ3n) is 5.49. The van der Waals surface area contributed by atoms with Gasteiger partial charge in [-0.3, -0.25) is 14.9 Å². The maximum Gasteiger partial charge on any atom is 0.302 e. The largest absolute Gasteiger partial charge is 0.423 e. The van der Waals surface area contributed by atoms with Crippen molar-refractivity contribution in [2.45, 2.75) is 19.4 Å². The molecule has 0 unspecified atom stereocenters. The van der Waals surface area contributed by atoms with Gasteiger partial charge < -0.3 is 15.1 Å². The van der Waals surface area contributed by atoms with Crippen molar-refractivity contribution in [2.75, 3.05) is 24.1 Å². The minimum absolute atomic E-state index is 0.0531. The molecular weight excluding hydrogens is 412 g/mol. The van der Waals surface area contributed by atoms with Crippen molar-refractivity contribution in [3.63, 3.8) is 0 Å². The van der Waals surface area contributed by atoms with Crippen molar-refractivity contribution in [1.29, 1.82) is 0 Å². The van der Waals surface area contributed by atoms with E-state index in [9.17, 15) is 9.59 Å². The molecule has 1 saturated heterocycles. The van der Waals surface area contributed by atoms with Crippen LogP contribution >= 0.6 is 0 Å². The molecule has 11 nitrogen and oxygen atoms in total. The number of likely N-dealkylation sites (tertiary alicyclic amines) is 1. The third kappa shape index (κ3) is 3.23. The van der Waals surface area contributed by atoms with Crippen LogP contribution in [0.25, 0.3) is 22.1 Å². The molecule has 11 heteroatoms. The Morgan fingerprint density at radius 1 is 1.34 bits per heavy atom. The summed E-state index contributed by atoms with van der Waals surface area (Å²) in [7, 11) is 0. The van der Waals surface area contributed by atoms with E-state index in [-0.39, 0.29) is 29.5 Å². The minimum Gasteiger partial charge on any atom is -0.423 e. The van der Waals surface area contributed by atoms with Crippen molar-refractivity contribution >= 4 is 45.8 Å². The summed E-state index contributed by atoms with van der Waals surface area (Å²) in [5.74, 6) is -0.561. The molecule has 4 aromatic rings. The van der Waals surface area contributed by atoms with Gasteiger partial charge in [0.1, 0.15) is 17.7 Å². The third-order valence-corrected chi connectivity index (χ3v) is 5.49. The van der Waals surface area contributed by atoms with E-state index in [1.54, 1.807) is 15.6 Å². The Morgan fingerprint density at radius 3 is 3.00 bits per heavy atom. The fourth-order valence-electron chi connectivity index (χ4n) is 3.93. The van der Waals surface area contributed by atoms with E-state index in [1.165, 1.54) is 12.4 Å². The van der Waals surface area contributed by atoms with Crippen LogP contribution in [0.5, 0.6) is 0 Å². The lowest BCUT2D eigenvalue weighted by molar-refractivity contribution is -0.125. The number of aryl methyl sites for hydroxylation is 1. The SMILES string of the molecule is C=CC(=O)N1CC[C@@H](n2nc(C(=O)Nc3nc4cc(C)ccc4o3)c3c(N)ncnc32)C1. The second kappa shape index (κ2) is 7.45. The number of benzene rings is 1. The average Bonchev–Trinajstić information content (AvgIpc) is 3.49. The molecular formula is C21H20N8O3. The quantitative estimate of drug-likeness (QED) is 0.466. The molecule has 0 bridgehead atoms. The molecule has 2 amide bonds. The molecule has 1 aliphatic rings. The number of oxazole rings is 1. The van der Waals surface area contributed by atoms with Gasteiger partial charge in [-0.25, -0.2) is 14.6 Å². The summed E-state index contributed by atoms with van der Waals surface area (Å²) in [6, 6.07) is 5.44. The van der Waals surface area contributed by atoms with Crippen LogP contribution in [-0.2, 0) is 4.79 Å². The van der Waals surface area contributed by atoms with Gasteiger partial charge in [0, 0.05) is 13.1 Å². The zero-order valence-electron chi connectivity index (χ0n) is 17.3. The number of hydrogen-bond acceptors (Lipinski definition) is 8. The molecule has 3 N–H and O–H groups in total. The van der Waals surface area contributed by atoms with E-state index in [0.29, 0.717) is 41.6 Å². The Balaban J connectivity index is 1.50. The number of hydrogen-bond donors (Lipinski definition) is 2. The van der Waals surface area contributed by atoms with Crippen molar-refractivity contribution in [2.24, 2.45) is 0 Å². The predicted octanol–water partition coefficient (Wildman–Crippen LogP) is 2.07. The number of nitrogens with two attached hydrogens (primary N) is 1. The molecule has 5 rings (SSSR count). The van der Waals surface area contributed by atoms with Gasteiger partial charge in [-0.15, -0.1) is 0 Å². The van der Waals surface area contributed by atoms with Crippen LogP contribution in [0.2, 0.25) is 0 Å². The Hall–Kier alpha value is -4.28. The van der Waals surface area contributed by atoms with Crippen LogP contribution in [-0.4, -0.2) is 54.5 Å². The lowest BCUT2D eigenvalue weighted by atomic mass is 10.2. The van der Waals surface area contributed by atoms with Gasteiger partial charge in [0.05, 0.1) is 11.4 Å². The summed E-state index contributed by atoms with van der Waals surface area (Å²) in [5, 5.41) is 7.49. The van der Waals surface area contributed by atoms with E-state index in [2.05, 4.69) is 31.9 Å². The van der Waals surface area contributed by atoms with Crippen LogP contribution in [0.3, 0.4) is 0 Å². The molecule has 1 fully saturated rings. The number of rotatable bonds is 4. The first kappa shape index (κ1) is 19.7. The number of nitrogens with zero attached hydrogens (tertiary/aromatic N) is 6. The molecule has 1 aromatic carbocycles. The first-order valence-corrected chi connectivity index (χ1v) is 10.0. The topological polar surface area (TPSA) is 145 Å². The standard InChI is InChI=1S/C21H20N8O3/c1-3-15(30)28-7-6-12(9-28)29-19-16(18(22)23-10-24-19)17(27-29)20(31)26-21-25-13-8-11(2)4-5-14(13)32-21/h3-5,8,10,12H,1,6-7,9H2,2H3,(H2,22,23,24)(H,25,26,31)/t12-/m1/s1. The van der Waals surface area contributed by atoms with Crippen LogP contribution in [0.1, 0.15) is 28.5 Å². The monoisotopic (exact) mass is 432 g/mol. The van der Waals surface area contributed by atoms with Crippen molar-refractivity contribution in [3.8, 4) is 0 Å². The van der Waals surface area contributed by atoms with Gasteiger partial charge in [-0.2, -0.15) is 10.1 Å². The average molecular weight is 432 g/mol. The Kier molecular flexibility index (Phi) is 4.58. The summed E-state index contributed by atoms with van der Waals surface area (Å²) in [5.41, 5.74) is 8.78. The minimum atomic E-state index is -0.546. The zero-order chi connectivity index (χ0) is 22.4. The highest BCUT2D eigenvalue weighted by atomic mass is 16.4. The molecule has 0 spiro atoms. The first-order valence-electron chi connectivity index (χ1n) is 10.0. The van der Waals surface area contributed by atoms with Crippen LogP contribution in [0, 0.1) is 6.92 Å². The first-order chi connectivity index (χ1) is 15.4. The second-order valence-corrected chi connectivity index (χ2v) is 7.63. The zero-order valence-corrected chi connectivity index (χ0v) is 17.3. The van der Waals surface area contributed by atoms with Gasteiger partial charge in [0.25, 0.3) is 5.91 Å². The molecule has 0 radical (unpaired) electrons. The Labute approximate surface area is 181 Å². The number of carbonyl (C=O) groups excluding carboxylic acids is 2. The normalized spacial score (nSPS) is 16.0. The van der Waals surface area contributed by atoms with Crippen molar-refractivity contribution < 1.29 is 14.0 Å². The molecule has 0 aliphatic carbocycles. The predicted molar refractivity (Wildman–Crippen MR) is 117 cm³/mol. The summed E-state index contributed by atoms with van der Waals surface area (Å²) in [6.07, 6.45) is 3.26. The van der Waals surface area contributed by atoms with Gasteiger partial charge in [-0.1, -0.05) is 12.6 Å². The van der Waals surface area contributed by atoms with Gasteiger partial charge in [-0.05, 0) is 37.1 Å². The number of nitrogen functional groups attached to an aromatic ring is 1. The van der Waals surface area contributed by atoms with Crippen LogP contribution in [0.4, 0.5) is 11.8 Å². The van der Waals surface area contributed by atoms with Crippen LogP contribution < -0.4 is 11.1 Å². The van der Waals surface area contributed by atoms with Crippen LogP contribution in [0.15, 0.2) is 41.6 Å². The number of anilines is 2. The fraction of sp³-hybridized carbons (Fsp3) is 0.238. The molecule has 1 aliphatic heterocycles. The second-order valence-electron chi connectivity index (χ2n) is 7.63. The fourth-order valence-corrected chi connectivity index (χ4v) is 3.93. The summed E-state index contributed by atoms with van der Waals surface area (Å²) in [4.78, 5) is 39.4. The highest BCUT2D eigenvalue weighted by Gasteiger charge is 2.31. The maximum atomic E-state index is 13.1. The van der Waals surface area contributed by atoms with E-state index >= 15 is 0 Å². The number of carbonyl (C=O) groups is 2. The van der Waals surface area contributed by atoms with E-state index in [1.807, 2.05) is 19.1 Å². The molecule has 0 saturated carbocycles. The van der Waals surface area contributed by atoms with Gasteiger partial charge in [0.15, 0.2) is 16.9 Å². The van der Waals surface area contributed by atoms with Crippen molar-refractivity contribution in [3.05, 3.63) is 48.4 Å². The van der Waals surface area contributed by atoms with E-state index in [4.69, 9.17) is 10.2 Å². The Morgan fingerprint density at radius 2 is 2.19 bits per heavy atom. The smallest absolute Gasteiger partial charge is 0.302 e. The lowest BCUT2D eigenvalue weighted by Gasteiger charge is -2.14. The lowest BCUT2D eigenvalue weighted by Crippen LogP contribution is -2.27. The van der Waals surface area contributed by atoms with Gasteiger partial charge in [0.2, 0.25) is 5.91 Å². The summed E-state index contributed by atoms with van der Waals surface area (Å²) >= 11 is 0. The molecule has 4 heterocycles. The highest BCUT2D eigenvalue weighted by Crippen LogP contribution is 2.29. The molecule has 162 valence electrons. The molecule has 3 aromatic heterocycles.